The molecule has 1 amide bonds. The van der Waals surface area contributed by atoms with Gasteiger partial charge in [-0.15, -0.1) is 0 Å². The minimum atomic E-state index is -0.426. The molecule has 1 aliphatic rings. The van der Waals surface area contributed by atoms with Crippen LogP contribution in [0, 0.1) is 21.4 Å². The average Bonchev–Trinajstić information content (AvgIpc) is 2.77. The highest BCUT2D eigenvalue weighted by Crippen LogP contribution is 2.21. The van der Waals surface area contributed by atoms with Crippen LogP contribution in [-0.4, -0.2) is 56.0 Å². The fourth-order valence-corrected chi connectivity index (χ4v) is 3.30. The Morgan fingerprint density at radius 3 is 2.17 bits per heavy atom. The maximum absolute atomic E-state index is 12.8. The molecule has 1 saturated heterocycles. The minimum Gasteiger partial charge on any atom is -0.378 e. The molecule has 0 saturated carbocycles. The first-order chi connectivity index (χ1) is 14.4. The molecule has 0 atom stereocenters. The van der Waals surface area contributed by atoms with Crippen LogP contribution >= 0.6 is 0 Å². The van der Waals surface area contributed by atoms with Crippen LogP contribution in [0.25, 0.3) is 6.08 Å². The topological polar surface area (TPSA) is 93.7 Å². The number of carbonyl (C=O) groups excluding carboxylic acids is 1. The lowest BCUT2D eigenvalue weighted by Gasteiger charge is -2.36. The molecule has 2 aromatic rings. The quantitative estimate of drug-likeness (QED) is 0.329. The molecule has 8 heteroatoms. The SMILES string of the molecule is CN(C)c1ccc(/C=C(\C#N)C(=O)N2CCN(c3ccc([N+](=O)[O-])cc3)CC2)cc1. The Labute approximate surface area is 175 Å². The summed E-state index contributed by atoms with van der Waals surface area (Å²) in [5.74, 6) is -0.280. The predicted octanol–water partition coefficient (Wildman–Crippen LogP) is 2.92. The summed E-state index contributed by atoms with van der Waals surface area (Å²) in [6, 6.07) is 16.1. The van der Waals surface area contributed by atoms with E-state index < -0.39 is 4.92 Å². The summed E-state index contributed by atoms with van der Waals surface area (Å²) in [4.78, 5) is 28.9. The van der Waals surface area contributed by atoms with Gasteiger partial charge in [-0.05, 0) is 35.9 Å². The van der Waals surface area contributed by atoms with Crippen molar-refractivity contribution >= 4 is 29.0 Å². The fraction of sp³-hybridized carbons (Fsp3) is 0.273. The van der Waals surface area contributed by atoms with Gasteiger partial charge in [0.2, 0.25) is 0 Å². The lowest BCUT2D eigenvalue weighted by atomic mass is 10.1. The first-order valence-corrected chi connectivity index (χ1v) is 9.57. The second-order valence-electron chi connectivity index (χ2n) is 7.21. The van der Waals surface area contributed by atoms with E-state index in [1.807, 2.05) is 49.3 Å². The molecule has 30 heavy (non-hydrogen) atoms. The molecule has 0 bridgehead atoms. The van der Waals surface area contributed by atoms with Gasteiger partial charge < -0.3 is 14.7 Å². The molecule has 2 aromatic carbocycles. The Kier molecular flexibility index (Phi) is 6.32. The smallest absolute Gasteiger partial charge is 0.269 e. The molecule has 1 aliphatic heterocycles. The number of rotatable bonds is 5. The summed E-state index contributed by atoms with van der Waals surface area (Å²) in [6.07, 6.45) is 1.62. The fourth-order valence-electron chi connectivity index (χ4n) is 3.30. The summed E-state index contributed by atoms with van der Waals surface area (Å²) in [6.45, 7) is 2.16. The van der Waals surface area contributed by atoms with E-state index in [4.69, 9.17) is 0 Å². The largest absolute Gasteiger partial charge is 0.378 e. The van der Waals surface area contributed by atoms with Crippen LogP contribution in [0.3, 0.4) is 0 Å². The van der Waals surface area contributed by atoms with Crippen LogP contribution in [0.2, 0.25) is 0 Å². The molecule has 0 spiro atoms. The Morgan fingerprint density at radius 2 is 1.67 bits per heavy atom. The summed E-state index contributed by atoms with van der Waals surface area (Å²) in [5, 5.41) is 20.3. The highest BCUT2D eigenvalue weighted by Gasteiger charge is 2.24. The zero-order valence-electron chi connectivity index (χ0n) is 17.0. The van der Waals surface area contributed by atoms with Gasteiger partial charge >= 0.3 is 0 Å². The van der Waals surface area contributed by atoms with Crippen molar-refractivity contribution in [3.63, 3.8) is 0 Å². The Balaban J connectivity index is 1.64. The normalized spacial score (nSPS) is 14.2. The van der Waals surface area contributed by atoms with Crippen molar-refractivity contribution in [1.29, 1.82) is 5.26 Å². The van der Waals surface area contributed by atoms with Crippen molar-refractivity contribution in [2.24, 2.45) is 0 Å². The third-order valence-corrected chi connectivity index (χ3v) is 5.06. The summed E-state index contributed by atoms with van der Waals surface area (Å²) in [5.41, 5.74) is 2.88. The number of anilines is 2. The molecule has 0 N–H and O–H groups in total. The summed E-state index contributed by atoms with van der Waals surface area (Å²) in [7, 11) is 3.90. The van der Waals surface area contributed by atoms with Gasteiger partial charge in [0.05, 0.1) is 4.92 Å². The van der Waals surface area contributed by atoms with Crippen LogP contribution in [-0.2, 0) is 4.79 Å². The molecular weight excluding hydrogens is 382 g/mol. The molecule has 3 rings (SSSR count). The zero-order chi connectivity index (χ0) is 21.7. The Hall–Kier alpha value is -3.86. The van der Waals surface area contributed by atoms with Crippen molar-refractivity contribution < 1.29 is 9.72 Å². The molecule has 1 fully saturated rings. The van der Waals surface area contributed by atoms with E-state index in [0.717, 1.165) is 16.9 Å². The first kappa shape index (κ1) is 20.9. The number of hydrogen-bond acceptors (Lipinski definition) is 6. The molecule has 0 unspecified atom stereocenters. The Morgan fingerprint density at radius 1 is 1.07 bits per heavy atom. The zero-order valence-corrected chi connectivity index (χ0v) is 17.0. The molecule has 8 nitrogen and oxygen atoms in total. The number of nitro benzene ring substituents is 1. The van der Waals surface area contributed by atoms with Gasteiger partial charge in [0.15, 0.2) is 0 Å². The van der Waals surface area contributed by atoms with Crippen LogP contribution < -0.4 is 9.80 Å². The van der Waals surface area contributed by atoms with Gasteiger partial charge in [-0.3, -0.25) is 14.9 Å². The second-order valence-corrected chi connectivity index (χ2v) is 7.21. The number of benzene rings is 2. The summed E-state index contributed by atoms with van der Waals surface area (Å²) < 4.78 is 0. The van der Waals surface area contributed by atoms with Gasteiger partial charge in [-0.1, -0.05) is 12.1 Å². The molecule has 154 valence electrons. The maximum atomic E-state index is 12.8. The Bertz CT molecular complexity index is 983. The van der Waals surface area contributed by atoms with E-state index >= 15 is 0 Å². The third-order valence-electron chi connectivity index (χ3n) is 5.06. The van der Waals surface area contributed by atoms with Gasteiger partial charge in [-0.2, -0.15) is 5.26 Å². The van der Waals surface area contributed by atoms with E-state index in [1.165, 1.54) is 12.1 Å². The van der Waals surface area contributed by atoms with Gasteiger partial charge in [0, 0.05) is 63.8 Å². The van der Waals surface area contributed by atoms with Gasteiger partial charge in [0.25, 0.3) is 11.6 Å². The predicted molar refractivity (Wildman–Crippen MR) is 116 cm³/mol. The lowest BCUT2D eigenvalue weighted by Crippen LogP contribution is -2.49. The van der Waals surface area contributed by atoms with E-state index in [-0.39, 0.29) is 17.2 Å². The number of nitriles is 1. The molecule has 1 heterocycles. The highest BCUT2D eigenvalue weighted by atomic mass is 16.6. The van der Waals surface area contributed by atoms with E-state index in [1.54, 1.807) is 23.1 Å². The van der Waals surface area contributed by atoms with Crippen molar-refractivity contribution in [3.8, 4) is 6.07 Å². The molecular formula is C22H23N5O3. The number of nitrogens with zero attached hydrogens (tertiary/aromatic N) is 5. The minimum absolute atomic E-state index is 0.0509. The van der Waals surface area contributed by atoms with Gasteiger partial charge in [-0.25, -0.2) is 0 Å². The van der Waals surface area contributed by atoms with Crippen molar-refractivity contribution in [2.75, 3.05) is 50.1 Å². The third kappa shape index (κ3) is 4.75. The maximum Gasteiger partial charge on any atom is 0.269 e. The van der Waals surface area contributed by atoms with Crippen LogP contribution in [0.15, 0.2) is 54.1 Å². The van der Waals surface area contributed by atoms with Crippen molar-refractivity contribution in [3.05, 3.63) is 69.8 Å². The highest BCUT2D eigenvalue weighted by molar-refractivity contribution is 6.01. The summed E-state index contributed by atoms with van der Waals surface area (Å²) >= 11 is 0. The number of non-ortho nitro benzene ring substituents is 1. The molecule has 0 aliphatic carbocycles. The number of nitro groups is 1. The van der Waals surface area contributed by atoms with Crippen LogP contribution in [0.5, 0.6) is 0 Å². The van der Waals surface area contributed by atoms with E-state index in [2.05, 4.69) is 4.90 Å². The monoisotopic (exact) mass is 405 g/mol. The number of carbonyl (C=O) groups is 1. The number of piperazine rings is 1. The van der Waals surface area contributed by atoms with Crippen LogP contribution in [0.1, 0.15) is 5.56 Å². The number of amides is 1. The average molecular weight is 405 g/mol. The van der Waals surface area contributed by atoms with Gasteiger partial charge in [0.1, 0.15) is 11.6 Å². The standard InChI is InChI=1S/C22H23N5O3/c1-24(2)19-5-3-17(4-6-19)15-18(16-23)22(28)26-13-11-25(12-14-26)20-7-9-21(10-8-20)27(29)30/h3-10,15H,11-14H2,1-2H3/b18-15+. The van der Waals surface area contributed by atoms with Crippen molar-refractivity contribution in [1.82, 2.24) is 4.90 Å². The lowest BCUT2D eigenvalue weighted by molar-refractivity contribution is -0.384. The first-order valence-electron chi connectivity index (χ1n) is 9.57. The van der Waals surface area contributed by atoms with E-state index in [0.29, 0.717) is 26.2 Å². The van der Waals surface area contributed by atoms with E-state index in [9.17, 15) is 20.2 Å². The number of hydrogen-bond donors (Lipinski definition) is 0. The molecule has 0 aromatic heterocycles. The van der Waals surface area contributed by atoms with Crippen molar-refractivity contribution in [2.45, 2.75) is 0 Å². The molecule has 0 radical (unpaired) electrons. The van der Waals surface area contributed by atoms with Crippen LogP contribution in [0.4, 0.5) is 17.1 Å². The second kappa shape index (κ2) is 9.09.